The first-order chi connectivity index (χ1) is 4.31. The molecule has 0 spiro atoms. The highest BCUT2D eigenvalue weighted by Gasteiger charge is 1.81. The maximum atomic E-state index is 4.93. The maximum Gasteiger partial charge on any atom is 0.201 e. The van der Waals surface area contributed by atoms with Crippen LogP contribution in [0, 0.1) is 0 Å². The zero-order valence-corrected chi connectivity index (χ0v) is 6.03. The third-order valence-corrected chi connectivity index (χ3v) is 0.780. The summed E-state index contributed by atoms with van der Waals surface area (Å²) in [6.45, 7) is 1.98. The summed E-state index contributed by atoms with van der Waals surface area (Å²) in [5.41, 5.74) is 4.73. The molecule has 0 amide bonds. The zero-order chi connectivity index (χ0) is 7.11. The van der Waals surface area contributed by atoms with Crippen molar-refractivity contribution in [2.45, 2.75) is 13.3 Å². The van der Waals surface area contributed by atoms with Gasteiger partial charge in [0, 0.05) is 6.21 Å². The number of thiocarbonyl (C=S) groups is 1. The van der Waals surface area contributed by atoms with Crippen molar-refractivity contribution in [3.05, 3.63) is 0 Å². The van der Waals surface area contributed by atoms with Gasteiger partial charge in [0.15, 0.2) is 0 Å². The highest BCUT2D eigenvalue weighted by atomic mass is 32.1. The van der Waals surface area contributed by atoms with Gasteiger partial charge in [-0.25, -0.2) is 5.84 Å². The summed E-state index contributed by atoms with van der Waals surface area (Å²) in [6.07, 6.45) is 2.57. The molecule has 4 N–H and O–H groups in total. The smallest absolute Gasteiger partial charge is 0.201 e. The van der Waals surface area contributed by atoms with Crippen LogP contribution in [0.1, 0.15) is 13.3 Å². The molecule has 0 aromatic rings. The summed E-state index contributed by atoms with van der Waals surface area (Å²) in [4.78, 5) is 0. The lowest BCUT2D eigenvalue weighted by molar-refractivity contribution is 0.926. The van der Waals surface area contributed by atoms with E-state index in [1.807, 2.05) is 6.92 Å². The SMILES string of the molecule is CC/C=N/NC(=S)NN. The molecule has 0 bridgehead atoms. The van der Waals surface area contributed by atoms with Gasteiger partial charge in [-0.15, -0.1) is 0 Å². The molecule has 5 heteroatoms. The second-order valence-electron chi connectivity index (χ2n) is 1.31. The first-order valence-corrected chi connectivity index (χ1v) is 3.00. The Morgan fingerprint density at radius 2 is 2.56 bits per heavy atom. The number of rotatable bonds is 2. The van der Waals surface area contributed by atoms with Gasteiger partial charge in [0.25, 0.3) is 0 Å². The Morgan fingerprint density at radius 1 is 1.89 bits per heavy atom. The Labute approximate surface area is 59.5 Å². The summed E-state index contributed by atoms with van der Waals surface area (Å²) >= 11 is 4.61. The van der Waals surface area contributed by atoms with Crippen molar-refractivity contribution in [3.63, 3.8) is 0 Å². The largest absolute Gasteiger partial charge is 0.300 e. The Kier molecular flexibility index (Phi) is 5.04. The molecular formula is C4H10N4S. The van der Waals surface area contributed by atoms with Crippen LogP contribution in [0.4, 0.5) is 0 Å². The number of hydrazine groups is 1. The highest BCUT2D eigenvalue weighted by molar-refractivity contribution is 7.80. The van der Waals surface area contributed by atoms with Crippen LogP contribution in [0.3, 0.4) is 0 Å². The van der Waals surface area contributed by atoms with Gasteiger partial charge in [-0.1, -0.05) is 6.92 Å². The minimum atomic E-state index is 0.319. The summed E-state index contributed by atoms with van der Waals surface area (Å²) in [7, 11) is 0. The van der Waals surface area contributed by atoms with Gasteiger partial charge in [-0.3, -0.25) is 10.9 Å². The van der Waals surface area contributed by atoms with Gasteiger partial charge < -0.3 is 0 Å². The van der Waals surface area contributed by atoms with Crippen LogP contribution < -0.4 is 16.7 Å². The van der Waals surface area contributed by atoms with E-state index in [9.17, 15) is 0 Å². The summed E-state index contributed by atoms with van der Waals surface area (Å²) < 4.78 is 0. The number of hydrogen-bond acceptors (Lipinski definition) is 3. The summed E-state index contributed by atoms with van der Waals surface area (Å²) in [5, 5.41) is 4.02. The van der Waals surface area contributed by atoms with E-state index in [-0.39, 0.29) is 0 Å². The molecule has 0 aliphatic carbocycles. The first kappa shape index (κ1) is 8.32. The minimum absolute atomic E-state index is 0.319. The van der Waals surface area contributed by atoms with Gasteiger partial charge in [0.2, 0.25) is 5.11 Å². The van der Waals surface area contributed by atoms with E-state index in [0.29, 0.717) is 5.11 Å². The Bertz CT molecular complexity index is 111. The molecule has 0 radical (unpaired) electrons. The van der Waals surface area contributed by atoms with Crippen molar-refractivity contribution in [3.8, 4) is 0 Å². The van der Waals surface area contributed by atoms with Crippen LogP contribution in [0.2, 0.25) is 0 Å². The predicted octanol–water partition coefficient (Wildman–Crippen LogP) is -0.280. The molecule has 0 aliphatic rings. The minimum Gasteiger partial charge on any atom is -0.300 e. The van der Waals surface area contributed by atoms with Crippen molar-refractivity contribution in [1.82, 2.24) is 10.9 Å². The van der Waals surface area contributed by atoms with E-state index in [0.717, 1.165) is 6.42 Å². The van der Waals surface area contributed by atoms with Crippen molar-refractivity contribution < 1.29 is 0 Å². The molecule has 0 aromatic heterocycles. The monoisotopic (exact) mass is 146 g/mol. The molecule has 0 rings (SSSR count). The second-order valence-corrected chi connectivity index (χ2v) is 1.71. The van der Waals surface area contributed by atoms with E-state index in [1.165, 1.54) is 0 Å². The van der Waals surface area contributed by atoms with Gasteiger partial charge in [-0.2, -0.15) is 5.10 Å². The molecule has 0 fully saturated rings. The van der Waals surface area contributed by atoms with E-state index < -0.39 is 0 Å². The number of nitrogens with zero attached hydrogens (tertiary/aromatic N) is 1. The van der Waals surface area contributed by atoms with E-state index >= 15 is 0 Å². The molecule has 0 aliphatic heterocycles. The quantitative estimate of drug-likeness (QED) is 0.217. The maximum absolute atomic E-state index is 4.93. The van der Waals surface area contributed by atoms with Crippen molar-refractivity contribution >= 4 is 23.5 Å². The van der Waals surface area contributed by atoms with Gasteiger partial charge in [0.1, 0.15) is 0 Å². The van der Waals surface area contributed by atoms with E-state index in [2.05, 4.69) is 28.2 Å². The van der Waals surface area contributed by atoms with Crippen LogP contribution >= 0.6 is 12.2 Å². The normalized spacial score (nSPS) is 9.56. The van der Waals surface area contributed by atoms with E-state index in [1.54, 1.807) is 6.21 Å². The van der Waals surface area contributed by atoms with Crippen LogP contribution in [-0.2, 0) is 0 Å². The lowest BCUT2D eigenvalue weighted by Crippen LogP contribution is -2.36. The number of hydrogen-bond donors (Lipinski definition) is 3. The molecule has 0 saturated carbocycles. The van der Waals surface area contributed by atoms with Crippen LogP contribution in [0.5, 0.6) is 0 Å². The number of hydrazone groups is 1. The Morgan fingerprint density at radius 3 is 3.00 bits per heavy atom. The molecule has 0 aromatic carbocycles. The Balaban J connectivity index is 3.26. The van der Waals surface area contributed by atoms with Gasteiger partial charge >= 0.3 is 0 Å². The lowest BCUT2D eigenvalue weighted by Gasteiger charge is -1.97. The van der Waals surface area contributed by atoms with Crippen LogP contribution in [0.15, 0.2) is 5.10 Å². The lowest BCUT2D eigenvalue weighted by atomic mass is 10.6. The van der Waals surface area contributed by atoms with Gasteiger partial charge in [-0.05, 0) is 18.6 Å². The molecule has 0 heterocycles. The number of nitrogens with two attached hydrogens (primary N) is 1. The fourth-order valence-corrected chi connectivity index (χ4v) is 0.281. The molecule has 4 nitrogen and oxygen atoms in total. The summed E-state index contributed by atoms with van der Waals surface area (Å²) in [5.74, 6) is 4.93. The third-order valence-electron chi connectivity index (χ3n) is 0.571. The zero-order valence-electron chi connectivity index (χ0n) is 5.22. The third kappa shape index (κ3) is 5.19. The number of nitrogens with one attached hydrogen (secondary N) is 2. The molecule has 52 valence electrons. The Hall–Kier alpha value is -0.680. The van der Waals surface area contributed by atoms with Crippen molar-refractivity contribution in [2.24, 2.45) is 10.9 Å². The topological polar surface area (TPSA) is 62.4 Å². The average Bonchev–Trinajstić information content (AvgIpc) is 1.89. The fraction of sp³-hybridized carbons (Fsp3) is 0.500. The molecule has 9 heavy (non-hydrogen) atoms. The molecule has 0 atom stereocenters. The molecule has 0 unspecified atom stereocenters. The average molecular weight is 146 g/mol. The van der Waals surface area contributed by atoms with E-state index in [4.69, 9.17) is 5.84 Å². The predicted molar refractivity (Wildman–Crippen MR) is 41.8 cm³/mol. The molecule has 0 saturated heterocycles. The standard InChI is InChI=1S/C4H10N4S/c1-2-3-6-8-4(9)7-5/h3H,2,5H2,1H3,(H2,7,8,9)/b6-3+. The second kappa shape index (κ2) is 5.46. The highest BCUT2D eigenvalue weighted by Crippen LogP contribution is 1.65. The van der Waals surface area contributed by atoms with Crippen molar-refractivity contribution in [1.29, 1.82) is 0 Å². The molecular weight excluding hydrogens is 136 g/mol. The van der Waals surface area contributed by atoms with Crippen LogP contribution in [0.25, 0.3) is 0 Å². The first-order valence-electron chi connectivity index (χ1n) is 2.59. The van der Waals surface area contributed by atoms with Crippen LogP contribution in [-0.4, -0.2) is 11.3 Å². The fourth-order valence-electron chi connectivity index (χ4n) is 0.228. The van der Waals surface area contributed by atoms with Crippen molar-refractivity contribution in [2.75, 3.05) is 0 Å². The van der Waals surface area contributed by atoms with Gasteiger partial charge in [0.05, 0.1) is 0 Å². The summed E-state index contributed by atoms with van der Waals surface area (Å²) in [6, 6.07) is 0.